The maximum absolute atomic E-state index is 12.9. The van der Waals surface area contributed by atoms with Crippen molar-refractivity contribution in [2.45, 2.75) is 77.5 Å². The zero-order chi connectivity index (χ0) is 26.8. The van der Waals surface area contributed by atoms with Gasteiger partial charge in [-0.3, -0.25) is 4.79 Å². The van der Waals surface area contributed by atoms with Gasteiger partial charge in [-0.1, -0.05) is 74.2 Å². The second kappa shape index (κ2) is 13.3. The van der Waals surface area contributed by atoms with E-state index in [1.165, 1.54) is 0 Å². The molecule has 1 N–H and O–H groups in total. The normalized spacial score (nSPS) is 12.4. The molecule has 0 fully saturated rings. The minimum absolute atomic E-state index is 0.102. The molecule has 0 aliphatic carbocycles. The summed E-state index contributed by atoms with van der Waals surface area (Å²) in [7, 11) is -1.25. The molecule has 0 aliphatic rings. The van der Waals surface area contributed by atoms with Gasteiger partial charge in [0.05, 0.1) is 13.0 Å². The van der Waals surface area contributed by atoms with E-state index in [0.29, 0.717) is 6.61 Å². The Hall–Kier alpha value is -3.13. The van der Waals surface area contributed by atoms with Crippen LogP contribution in [0, 0.1) is 0 Å². The van der Waals surface area contributed by atoms with Gasteiger partial charge in [-0.25, -0.2) is 9.59 Å². The molecule has 2 rings (SSSR count). The van der Waals surface area contributed by atoms with E-state index >= 15 is 0 Å². The number of hydrogen-bond donors (Lipinski definition) is 1. The van der Waals surface area contributed by atoms with Crippen molar-refractivity contribution in [3.63, 3.8) is 0 Å². The average molecular weight is 514 g/mol. The first-order valence-electron chi connectivity index (χ1n) is 12.2. The van der Waals surface area contributed by atoms with Crippen LogP contribution < -0.4 is 5.32 Å². The molecule has 2 aromatic carbocycles. The Balaban J connectivity index is 2.00. The predicted octanol–water partition coefficient (Wildman–Crippen LogP) is 5.29. The summed E-state index contributed by atoms with van der Waals surface area (Å²) in [5, 5.41) is 2.63. The van der Waals surface area contributed by atoms with Crippen LogP contribution in [0.25, 0.3) is 0 Å². The Morgan fingerprint density at radius 2 is 1.47 bits per heavy atom. The minimum atomic E-state index is -1.25. The lowest BCUT2D eigenvalue weighted by Crippen LogP contribution is -2.45. The lowest BCUT2D eigenvalue weighted by atomic mass is 10.0. The molecule has 0 spiro atoms. The zero-order valence-corrected chi connectivity index (χ0v) is 23.3. The van der Waals surface area contributed by atoms with Gasteiger partial charge < -0.3 is 19.5 Å². The third-order valence-electron chi connectivity index (χ3n) is 5.13. The van der Waals surface area contributed by atoms with Crippen LogP contribution >= 0.6 is 0 Å². The molecular formula is C28H39NO6Si. The van der Waals surface area contributed by atoms with Crippen LogP contribution in [0.3, 0.4) is 0 Å². The Kier molecular flexibility index (Phi) is 10.7. The first-order valence-corrected chi connectivity index (χ1v) is 15.9. The fourth-order valence-electron chi connectivity index (χ4n) is 3.19. The number of ether oxygens (including phenoxy) is 3. The second-order valence-corrected chi connectivity index (χ2v) is 16.6. The molecule has 0 saturated carbocycles. The fourth-order valence-corrected chi connectivity index (χ4v) is 3.90. The van der Waals surface area contributed by atoms with Gasteiger partial charge in [0.25, 0.3) is 0 Å². The standard InChI is InChI=1S/C28H39NO6Si/c1-28(2,3)35-27(32)29-24(26(31)34-20-23-10-8-7-9-11-23)18-21-12-14-22(15-13-21)19-25(30)33-16-17-36(4,5)6/h7-15,24H,16-20H2,1-6H3,(H,29,32)/t24-/m0/s1. The van der Waals surface area contributed by atoms with Gasteiger partial charge in [-0.2, -0.15) is 0 Å². The number of nitrogens with one attached hydrogen (secondary N) is 1. The van der Waals surface area contributed by atoms with Crippen molar-refractivity contribution in [3.8, 4) is 0 Å². The van der Waals surface area contributed by atoms with Crippen LogP contribution in [0.2, 0.25) is 25.7 Å². The summed E-state index contributed by atoms with van der Waals surface area (Å²) in [6.45, 7) is 12.5. The van der Waals surface area contributed by atoms with E-state index in [0.717, 1.165) is 22.7 Å². The molecule has 0 aliphatic heterocycles. The molecule has 1 amide bonds. The molecule has 7 nitrogen and oxygen atoms in total. The molecule has 0 radical (unpaired) electrons. The lowest BCUT2D eigenvalue weighted by molar-refractivity contribution is -0.147. The summed E-state index contributed by atoms with van der Waals surface area (Å²) in [5.74, 6) is -0.810. The van der Waals surface area contributed by atoms with E-state index in [-0.39, 0.29) is 25.4 Å². The number of rotatable bonds is 11. The largest absolute Gasteiger partial charge is 0.466 e. The van der Waals surface area contributed by atoms with Gasteiger partial charge in [0.15, 0.2) is 0 Å². The first kappa shape index (κ1) is 29.1. The Labute approximate surface area is 215 Å². The molecule has 0 aromatic heterocycles. The van der Waals surface area contributed by atoms with Crippen LogP contribution in [-0.2, 0) is 43.2 Å². The highest BCUT2D eigenvalue weighted by molar-refractivity contribution is 6.76. The van der Waals surface area contributed by atoms with Crippen molar-refractivity contribution in [1.82, 2.24) is 5.32 Å². The number of amides is 1. The Morgan fingerprint density at radius 3 is 2.06 bits per heavy atom. The second-order valence-electron chi connectivity index (χ2n) is 11.0. The van der Waals surface area contributed by atoms with Gasteiger partial charge in [0.2, 0.25) is 0 Å². The summed E-state index contributed by atoms with van der Waals surface area (Å²) in [5.41, 5.74) is 1.78. The van der Waals surface area contributed by atoms with Crippen LogP contribution in [0.5, 0.6) is 0 Å². The van der Waals surface area contributed by atoms with Crippen molar-refractivity contribution in [2.24, 2.45) is 0 Å². The zero-order valence-electron chi connectivity index (χ0n) is 22.3. The third-order valence-corrected chi connectivity index (χ3v) is 6.83. The van der Waals surface area contributed by atoms with Crippen LogP contribution in [0.1, 0.15) is 37.5 Å². The van der Waals surface area contributed by atoms with E-state index in [1.807, 2.05) is 54.6 Å². The number of carbonyl (C=O) groups excluding carboxylic acids is 3. The van der Waals surface area contributed by atoms with E-state index < -0.39 is 31.8 Å². The first-order chi connectivity index (χ1) is 16.8. The van der Waals surface area contributed by atoms with Crippen molar-refractivity contribution in [1.29, 1.82) is 0 Å². The van der Waals surface area contributed by atoms with Crippen molar-refractivity contribution >= 4 is 26.1 Å². The van der Waals surface area contributed by atoms with Gasteiger partial charge in [-0.05, 0) is 43.5 Å². The molecule has 8 heteroatoms. The van der Waals surface area contributed by atoms with E-state index in [4.69, 9.17) is 14.2 Å². The number of hydrogen-bond acceptors (Lipinski definition) is 6. The number of alkyl carbamates (subject to hydrolysis) is 1. The highest BCUT2D eigenvalue weighted by Gasteiger charge is 2.26. The summed E-state index contributed by atoms with van der Waals surface area (Å²) in [6, 6.07) is 16.7. The molecular weight excluding hydrogens is 474 g/mol. The average Bonchev–Trinajstić information content (AvgIpc) is 2.77. The Morgan fingerprint density at radius 1 is 0.861 bits per heavy atom. The molecule has 36 heavy (non-hydrogen) atoms. The smallest absolute Gasteiger partial charge is 0.408 e. The molecule has 1 atom stereocenters. The van der Waals surface area contributed by atoms with E-state index in [1.54, 1.807) is 20.8 Å². The lowest BCUT2D eigenvalue weighted by Gasteiger charge is -2.23. The van der Waals surface area contributed by atoms with Gasteiger partial charge in [0.1, 0.15) is 18.2 Å². The summed E-state index contributed by atoms with van der Waals surface area (Å²) in [4.78, 5) is 37.4. The topological polar surface area (TPSA) is 90.9 Å². The maximum Gasteiger partial charge on any atom is 0.408 e. The van der Waals surface area contributed by atoms with Crippen molar-refractivity contribution in [3.05, 3.63) is 71.3 Å². The SMILES string of the molecule is CC(C)(C)OC(=O)N[C@@H](Cc1ccc(CC(=O)OCC[Si](C)(C)C)cc1)C(=O)OCc1ccccc1. The van der Waals surface area contributed by atoms with Crippen molar-refractivity contribution in [2.75, 3.05) is 6.61 Å². The number of carbonyl (C=O) groups is 3. The van der Waals surface area contributed by atoms with Crippen molar-refractivity contribution < 1.29 is 28.6 Å². The highest BCUT2D eigenvalue weighted by atomic mass is 28.3. The number of esters is 2. The van der Waals surface area contributed by atoms with E-state index in [2.05, 4.69) is 25.0 Å². The molecule has 196 valence electrons. The van der Waals surface area contributed by atoms with Crippen LogP contribution in [0.4, 0.5) is 4.79 Å². The van der Waals surface area contributed by atoms with Crippen LogP contribution in [0.15, 0.2) is 54.6 Å². The summed E-state index contributed by atoms with van der Waals surface area (Å²) < 4.78 is 16.2. The maximum atomic E-state index is 12.9. The fraction of sp³-hybridized carbons (Fsp3) is 0.464. The summed E-state index contributed by atoms with van der Waals surface area (Å²) in [6.07, 6.45) is -0.291. The summed E-state index contributed by atoms with van der Waals surface area (Å²) >= 11 is 0. The van der Waals surface area contributed by atoms with Gasteiger partial charge >= 0.3 is 18.0 Å². The number of benzene rings is 2. The predicted molar refractivity (Wildman–Crippen MR) is 142 cm³/mol. The molecule has 0 bridgehead atoms. The van der Waals surface area contributed by atoms with E-state index in [9.17, 15) is 14.4 Å². The van der Waals surface area contributed by atoms with Gasteiger partial charge in [-0.15, -0.1) is 0 Å². The highest BCUT2D eigenvalue weighted by Crippen LogP contribution is 2.13. The molecule has 0 heterocycles. The van der Waals surface area contributed by atoms with Crippen LogP contribution in [-0.4, -0.2) is 44.4 Å². The Bertz CT molecular complexity index is 993. The van der Waals surface area contributed by atoms with Gasteiger partial charge in [0, 0.05) is 14.5 Å². The minimum Gasteiger partial charge on any atom is -0.466 e. The molecule has 2 aromatic rings. The molecule has 0 saturated heterocycles. The quantitative estimate of drug-likeness (QED) is 0.249. The monoisotopic (exact) mass is 513 g/mol. The molecule has 0 unspecified atom stereocenters. The third kappa shape index (κ3) is 12.0.